The van der Waals surface area contributed by atoms with E-state index in [4.69, 9.17) is 21.9 Å². The molecule has 12 heteroatoms. The third-order valence-corrected chi connectivity index (χ3v) is 5.31. The summed E-state index contributed by atoms with van der Waals surface area (Å²) in [6.07, 6.45) is 2.61. The Hall–Kier alpha value is -3.90. The summed E-state index contributed by atoms with van der Waals surface area (Å²) in [5.74, 6) is -0.946. The minimum absolute atomic E-state index is 0.00844. The van der Waals surface area contributed by atoms with Crippen LogP contribution in [0.15, 0.2) is 53.4 Å². The maximum atomic E-state index is 11.6. The van der Waals surface area contributed by atoms with Crippen molar-refractivity contribution in [1.29, 1.82) is 0 Å². The first-order valence-corrected chi connectivity index (χ1v) is 11.1. The summed E-state index contributed by atoms with van der Waals surface area (Å²) >= 11 is 0. The first-order valence-electron chi connectivity index (χ1n) is 11.1. The van der Waals surface area contributed by atoms with Crippen LogP contribution in [0, 0.1) is 0 Å². The molecule has 2 fully saturated rings. The molecule has 1 unspecified atom stereocenters. The lowest BCUT2D eigenvalue weighted by atomic mass is 10.2. The van der Waals surface area contributed by atoms with E-state index in [1.165, 1.54) is 6.08 Å². The Morgan fingerprint density at radius 1 is 1.14 bits per heavy atom. The van der Waals surface area contributed by atoms with Crippen molar-refractivity contribution in [2.45, 2.75) is 12.5 Å². The number of nitrogens with zero attached hydrogens (tertiary/aromatic N) is 3. The van der Waals surface area contributed by atoms with E-state index in [-0.39, 0.29) is 29.4 Å². The van der Waals surface area contributed by atoms with Crippen LogP contribution in [0.25, 0.3) is 0 Å². The molecular weight excluding hydrogens is 452 g/mol. The standard InChI is InChI=1S/C18H23N7O3.C5H11NO/c1-2-14(27)25-8-7-13(9-25)23-18(21)24-17(15(19)16(20)28)22-12-5-3-11(10-26)4-6-12;1-6-2-4-7-5-3-6/h2-6,10,13,22H,1,7-9,19H2,(H2,20,28)(H3,21,23,24);2-5H2,1H3/b17-15-;. The van der Waals surface area contributed by atoms with Crippen molar-refractivity contribution in [1.82, 2.24) is 15.1 Å². The Labute approximate surface area is 204 Å². The van der Waals surface area contributed by atoms with Gasteiger partial charge in [0.2, 0.25) is 5.91 Å². The zero-order valence-corrected chi connectivity index (χ0v) is 19.9. The molecule has 2 heterocycles. The second kappa shape index (κ2) is 13.7. The number of ether oxygens (including phenoxy) is 1. The van der Waals surface area contributed by atoms with E-state index in [0.29, 0.717) is 37.0 Å². The highest BCUT2D eigenvalue weighted by atomic mass is 16.5. The zero-order valence-electron chi connectivity index (χ0n) is 19.9. The first-order chi connectivity index (χ1) is 16.7. The second-order valence-corrected chi connectivity index (χ2v) is 8.00. The third kappa shape index (κ3) is 9.10. The van der Waals surface area contributed by atoms with Gasteiger partial charge in [0.15, 0.2) is 5.96 Å². The van der Waals surface area contributed by atoms with E-state index < -0.39 is 5.91 Å². The largest absolute Gasteiger partial charge is 0.391 e. The van der Waals surface area contributed by atoms with Crippen LogP contribution in [-0.2, 0) is 14.3 Å². The maximum absolute atomic E-state index is 11.6. The lowest BCUT2D eigenvalue weighted by molar-refractivity contribution is -0.125. The lowest BCUT2D eigenvalue weighted by Crippen LogP contribution is -2.39. The molecule has 8 N–H and O–H groups in total. The van der Waals surface area contributed by atoms with Crippen LogP contribution in [0.1, 0.15) is 16.8 Å². The number of aliphatic imine (C=N–C) groups is 1. The molecule has 1 atom stereocenters. The average molecular weight is 487 g/mol. The van der Waals surface area contributed by atoms with E-state index in [0.717, 1.165) is 26.3 Å². The van der Waals surface area contributed by atoms with Crippen LogP contribution in [0.3, 0.4) is 0 Å². The van der Waals surface area contributed by atoms with Gasteiger partial charge in [-0.05, 0) is 43.8 Å². The highest BCUT2D eigenvalue weighted by Crippen LogP contribution is 2.14. The molecule has 1 aromatic carbocycles. The third-order valence-electron chi connectivity index (χ3n) is 5.31. The van der Waals surface area contributed by atoms with Crippen molar-refractivity contribution in [2.75, 3.05) is 51.8 Å². The molecule has 190 valence electrons. The van der Waals surface area contributed by atoms with Gasteiger partial charge in [-0.15, -0.1) is 0 Å². The zero-order chi connectivity index (χ0) is 25.8. The van der Waals surface area contributed by atoms with Gasteiger partial charge in [-0.3, -0.25) is 14.4 Å². The lowest BCUT2D eigenvalue weighted by Gasteiger charge is -2.21. The molecular formula is C23H34N8O4. The number of nitrogens with one attached hydrogen (secondary N) is 2. The Morgan fingerprint density at radius 2 is 1.80 bits per heavy atom. The second-order valence-electron chi connectivity index (χ2n) is 8.00. The molecule has 3 rings (SSSR count). The quantitative estimate of drug-likeness (QED) is 0.142. The molecule has 12 nitrogen and oxygen atoms in total. The Balaban J connectivity index is 0.000000527. The number of benzene rings is 1. The summed E-state index contributed by atoms with van der Waals surface area (Å²) < 4.78 is 5.10. The molecule has 2 aliphatic heterocycles. The van der Waals surface area contributed by atoms with Gasteiger partial charge in [-0.25, -0.2) is 4.99 Å². The topological polar surface area (TPSA) is 181 Å². The number of primary amides is 1. The van der Waals surface area contributed by atoms with Gasteiger partial charge in [0.25, 0.3) is 5.91 Å². The van der Waals surface area contributed by atoms with Crippen molar-refractivity contribution < 1.29 is 19.1 Å². The number of anilines is 1. The van der Waals surface area contributed by atoms with Gasteiger partial charge in [0.1, 0.15) is 17.8 Å². The molecule has 1 aromatic rings. The molecule has 2 amide bonds. The number of rotatable bonds is 7. The van der Waals surface area contributed by atoms with Gasteiger partial charge in [-0.1, -0.05) is 6.58 Å². The monoisotopic (exact) mass is 486 g/mol. The molecule has 2 aliphatic rings. The number of carbonyl (C=O) groups excluding carboxylic acids is 3. The smallest absolute Gasteiger partial charge is 0.268 e. The number of hydrogen-bond donors (Lipinski definition) is 5. The van der Waals surface area contributed by atoms with E-state index in [2.05, 4.69) is 34.2 Å². The van der Waals surface area contributed by atoms with E-state index >= 15 is 0 Å². The fourth-order valence-corrected chi connectivity index (χ4v) is 3.27. The highest BCUT2D eigenvalue weighted by molar-refractivity contribution is 5.93. The van der Waals surface area contributed by atoms with E-state index in [1.807, 2.05) is 0 Å². The van der Waals surface area contributed by atoms with Crippen molar-refractivity contribution >= 4 is 29.7 Å². The summed E-state index contributed by atoms with van der Waals surface area (Å²) in [5, 5.41) is 5.63. The van der Waals surface area contributed by atoms with Crippen LogP contribution in [-0.4, -0.2) is 86.3 Å². The molecule has 0 spiro atoms. The van der Waals surface area contributed by atoms with Gasteiger partial charge < -0.3 is 42.4 Å². The van der Waals surface area contributed by atoms with E-state index in [1.54, 1.807) is 29.2 Å². The van der Waals surface area contributed by atoms with Crippen molar-refractivity contribution in [3.8, 4) is 0 Å². The number of hydrogen-bond acceptors (Lipinski definition) is 8. The van der Waals surface area contributed by atoms with E-state index in [9.17, 15) is 14.4 Å². The van der Waals surface area contributed by atoms with Crippen molar-refractivity contribution in [3.05, 3.63) is 54.0 Å². The summed E-state index contributed by atoms with van der Waals surface area (Å²) in [4.78, 5) is 42.1. The molecule has 0 bridgehead atoms. The number of morpholine rings is 1. The summed E-state index contributed by atoms with van der Waals surface area (Å²) in [6.45, 7) is 8.45. The minimum atomic E-state index is -0.851. The van der Waals surface area contributed by atoms with Crippen LogP contribution < -0.4 is 27.8 Å². The number of amides is 2. The number of guanidine groups is 1. The molecule has 0 aromatic heterocycles. The van der Waals surface area contributed by atoms with Gasteiger partial charge >= 0.3 is 0 Å². The van der Waals surface area contributed by atoms with Gasteiger partial charge in [-0.2, -0.15) is 0 Å². The number of likely N-dealkylation sites (tertiary alicyclic amines) is 1. The SMILES string of the molecule is C=CC(=O)N1CCC(N=C(N)N/C(Nc2ccc(C=O)cc2)=C(\N)C(N)=O)C1.CN1CCOCC1. The summed E-state index contributed by atoms with van der Waals surface area (Å²) in [7, 11) is 2.11. The number of likely N-dealkylation sites (N-methyl/N-ethyl adjacent to an activating group) is 1. The summed E-state index contributed by atoms with van der Waals surface area (Å²) in [5.41, 5.74) is 17.7. The molecule has 2 saturated heterocycles. The molecule has 0 saturated carbocycles. The predicted molar refractivity (Wildman–Crippen MR) is 134 cm³/mol. The molecule has 0 aliphatic carbocycles. The van der Waals surface area contributed by atoms with Crippen LogP contribution >= 0.6 is 0 Å². The van der Waals surface area contributed by atoms with Crippen LogP contribution in [0.2, 0.25) is 0 Å². The molecule has 0 radical (unpaired) electrons. The number of aldehydes is 1. The Kier molecular flexibility index (Phi) is 10.7. The van der Waals surface area contributed by atoms with Gasteiger partial charge in [0.05, 0.1) is 19.3 Å². The summed E-state index contributed by atoms with van der Waals surface area (Å²) in [6, 6.07) is 6.24. The van der Waals surface area contributed by atoms with Crippen LogP contribution in [0.5, 0.6) is 0 Å². The maximum Gasteiger partial charge on any atom is 0.268 e. The normalized spacial score (nSPS) is 19.1. The highest BCUT2D eigenvalue weighted by Gasteiger charge is 2.24. The number of carbonyl (C=O) groups is 3. The molecule has 35 heavy (non-hydrogen) atoms. The minimum Gasteiger partial charge on any atom is -0.391 e. The fraction of sp³-hybridized carbons (Fsp3) is 0.391. The Morgan fingerprint density at radius 3 is 2.31 bits per heavy atom. The Bertz CT molecular complexity index is 955. The fourth-order valence-electron chi connectivity index (χ4n) is 3.27. The van der Waals surface area contributed by atoms with Gasteiger partial charge in [0, 0.05) is 37.4 Å². The average Bonchev–Trinajstić information content (AvgIpc) is 3.32. The first kappa shape index (κ1) is 27.3. The predicted octanol–water partition coefficient (Wildman–Crippen LogP) is -0.836. The van der Waals surface area contributed by atoms with Crippen LogP contribution in [0.4, 0.5) is 5.69 Å². The number of nitrogens with two attached hydrogens (primary N) is 3. The van der Waals surface area contributed by atoms with Crippen molar-refractivity contribution in [2.24, 2.45) is 22.2 Å². The van der Waals surface area contributed by atoms with Crippen molar-refractivity contribution in [3.63, 3.8) is 0 Å².